The van der Waals surface area contributed by atoms with Gasteiger partial charge in [0.15, 0.2) is 0 Å². The molecule has 0 spiro atoms. The van der Waals surface area contributed by atoms with E-state index in [1.54, 1.807) is 29.3 Å². The summed E-state index contributed by atoms with van der Waals surface area (Å²) in [6.45, 7) is 2.18. The van der Waals surface area contributed by atoms with E-state index >= 15 is 0 Å². The summed E-state index contributed by atoms with van der Waals surface area (Å²) in [5.74, 6) is 0.355. The van der Waals surface area contributed by atoms with Gasteiger partial charge in [0.05, 0.1) is 15.7 Å². The molecule has 156 valence electrons. The number of amides is 2. The van der Waals surface area contributed by atoms with Crippen molar-refractivity contribution >= 4 is 58.9 Å². The minimum Gasteiger partial charge on any atom is -0.362 e. The molecule has 1 aliphatic heterocycles. The van der Waals surface area contributed by atoms with Crippen LogP contribution < -0.4 is 10.2 Å². The van der Waals surface area contributed by atoms with Crippen LogP contribution in [-0.4, -0.2) is 61.1 Å². The van der Waals surface area contributed by atoms with Crippen molar-refractivity contribution in [2.75, 3.05) is 49.6 Å². The lowest BCUT2D eigenvalue weighted by molar-refractivity contribution is -0.137. The molecule has 3 rings (SSSR count). The fourth-order valence-corrected chi connectivity index (χ4v) is 3.18. The number of piperazine rings is 1. The first-order valence-electron chi connectivity index (χ1n) is 8.80. The summed E-state index contributed by atoms with van der Waals surface area (Å²) in [6, 6.07) is 10.7. The topological polar surface area (TPSA) is 74.8 Å². The standard InChI is InChI=1S/C19H20Cl2N4O3.ClH/c20-14-4-3-5-15(19(14)21)23-17(26)12-28-13-18(27)25-10-8-24(9-11-25)16-6-1-2-7-22-16;/h1-7H,8-13H2,(H,23,26);1H. The molecule has 1 aromatic heterocycles. The molecule has 0 radical (unpaired) electrons. The highest BCUT2D eigenvalue weighted by Crippen LogP contribution is 2.29. The highest BCUT2D eigenvalue weighted by Gasteiger charge is 2.22. The molecule has 2 amide bonds. The van der Waals surface area contributed by atoms with Crippen LogP contribution in [0.1, 0.15) is 0 Å². The number of pyridine rings is 1. The summed E-state index contributed by atoms with van der Waals surface area (Å²) >= 11 is 11.9. The van der Waals surface area contributed by atoms with Crippen molar-refractivity contribution in [2.24, 2.45) is 0 Å². The van der Waals surface area contributed by atoms with E-state index in [1.807, 2.05) is 18.2 Å². The van der Waals surface area contributed by atoms with Gasteiger partial charge >= 0.3 is 0 Å². The Balaban J connectivity index is 0.00000300. The summed E-state index contributed by atoms with van der Waals surface area (Å²) in [4.78, 5) is 32.4. The van der Waals surface area contributed by atoms with Crippen molar-refractivity contribution in [1.82, 2.24) is 9.88 Å². The predicted octanol–water partition coefficient (Wildman–Crippen LogP) is 3.11. The zero-order chi connectivity index (χ0) is 19.9. The minimum absolute atomic E-state index is 0. The molecule has 1 aromatic carbocycles. The van der Waals surface area contributed by atoms with E-state index in [1.165, 1.54) is 0 Å². The number of aromatic nitrogens is 1. The molecule has 10 heteroatoms. The monoisotopic (exact) mass is 458 g/mol. The predicted molar refractivity (Wildman–Crippen MR) is 116 cm³/mol. The van der Waals surface area contributed by atoms with Gasteiger partial charge in [0.2, 0.25) is 11.8 Å². The molecular weight excluding hydrogens is 439 g/mol. The number of nitrogens with zero attached hydrogens (tertiary/aromatic N) is 3. The number of halogens is 3. The summed E-state index contributed by atoms with van der Waals surface area (Å²) in [5.41, 5.74) is 0.403. The SMILES string of the molecule is Cl.O=C(COCC(=O)N1CCN(c2ccccn2)CC1)Nc1cccc(Cl)c1Cl. The van der Waals surface area contributed by atoms with Crippen LogP contribution in [0.25, 0.3) is 0 Å². The number of rotatable bonds is 6. The van der Waals surface area contributed by atoms with Gasteiger partial charge < -0.3 is 19.9 Å². The lowest BCUT2D eigenvalue weighted by Crippen LogP contribution is -2.50. The first-order valence-corrected chi connectivity index (χ1v) is 9.55. The molecule has 0 bridgehead atoms. The molecule has 2 aromatic rings. The molecule has 0 atom stereocenters. The van der Waals surface area contributed by atoms with Crippen molar-refractivity contribution in [3.63, 3.8) is 0 Å². The van der Waals surface area contributed by atoms with Gasteiger partial charge in [-0.3, -0.25) is 9.59 Å². The molecule has 1 aliphatic rings. The number of hydrogen-bond acceptors (Lipinski definition) is 5. The number of carbonyl (C=O) groups excluding carboxylic acids is 2. The van der Waals surface area contributed by atoms with Gasteiger partial charge in [0.25, 0.3) is 0 Å². The van der Waals surface area contributed by atoms with Gasteiger partial charge in [-0.05, 0) is 24.3 Å². The Labute approximate surface area is 185 Å². The van der Waals surface area contributed by atoms with E-state index in [-0.39, 0.29) is 36.6 Å². The third-order valence-corrected chi connectivity index (χ3v) is 5.11. The summed E-state index contributed by atoms with van der Waals surface area (Å²) in [6.07, 6.45) is 1.75. The second-order valence-electron chi connectivity index (χ2n) is 6.20. The smallest absolute Gasteiger partial charge is 0.250 e. The Morgan fingerprint density at radius 3 is 2.48 bits per heavy atom. The van der Waals surface area contributed by atoms with E-state index in [2.05, 4.69) is 15.2 Å². The third kappa shape index (κ3) is 6.47. The molecule has 0 saturated carbocycles. The van der Waals surface area contributed by atoms with E-state index in [0.717, 1.165) is 5.82 Å². The van der Waals surface area contributed by atoms with E-state index in [9.17, 15) is 9.59 Å². The molecule has 29 heavy (non-hydrogen) atoms. The molecule has 2 heterocycles. The van der Waals surface area contributed by atoms with Crippen LogP contribution in [0.15, 0.2) is 42.6 Å². The second kappa shape index (κ2) is 11.2. The molecular formula is C19H21Cl3N4O3. The number of carbonyl (C=O) groups is 2. The fraction of sp³-hybridized carbons (Fsp3) is 0.316. The van der Waals surface area contributed by atoms with E-state index < -0.39 is 5.91 Å². The lowest BCUT2D eigenvalue weighted by atomic mass is 10.3. The van der Waals surface area contributed by atoms with Gasteiger partial charge in [-0.15, -0.1) is 12.4 Å². The van der Waals surface area contributed by atoms with Crippen molar-refractivity contribution in [3.05, 3.63) is 52.6 Å². The Morgan fingerprint density at radius 1 is 1.03 bits per heavy atom. The van der Waals surface area contributed by atoms with Crippen LogP contribution in [0.4, 0.5) is 11.5 Å². The third-order valence-electron chi connectivity index (χ3n) is 4.29. The quantitative estimate of drug-likeness (QED) is 0.718. The zero-order valence-corrected chi connectivity index (χ0v) is 17.8. The maximum Gasteiger partial charge on any atom is 0.250 e. The van der Waals surface area contributed by atoms with Gasteiger partial charge in [-0.2, -0.15) is 0 Å². The summed E-state index contributed by atoms with van der Waals surface area (Å²) in [5, 5.41) is 3.22. The summed E-state index contributed by atoms with van der Waals surface area (Å²) < 4.78 is 5.26. The summed E-state index contributed by atoms with van der Waals surface area (Å²) in [7, 11) is 0. The Bertz CT molecular complexity index is 831. The zero-order valence-electron chi connectivity index (χ0n) is 15.5. The van der Waals surface area contributed by atoms with Crippen molar-refractivity contribution in [3.8, 4) is 0 Å². The lowest BCUT2D eigenvalue weighted by Gasteiger charge is -2.35. The van der Waals surface area contributed by atoms with Gasteiger partial charge in [0.1, 0.15) is 19.0 Å². The average molecular weight is 460 g/mol. The molecule has 1 N–H and O–H groups in total. The van der Waals surface area contributed by atoms with Crippen LogP contribution in [-0.2, 0) is 14.3 Å². The molecule has 1 fully saturated rings. The van der Waals surface area contributed by atoms with Crippen molar-refractivity contribution in [2.45, 2.75) is 0 Å². The molecule has 1 saturated heterocycles. The number of hydrogen-bond donors (Lipinski definition) is 1. The minimum atomic E-state index is -0.406. The molecule has 7 nitrogen and oxygen atoms in total. The highest BCUT2D eigenvalue weighted by molar-refractivity contribution is 6.44. The second-order valence-corrected chi connectivity index (χ2v) is 6.98. The number of benzene rings is 1. The van der Waals surface area contributed by atoms with Crippen LogP contribution in [0.5, 0.6) is 0 Å². The van der Waals surface area contributed by atoms with Gasteiger partial charge in [-0.1, -0.05) is 35.3 Å². The highest BCUT2D eigenvalue weighted by atomic mass is 35.5. The van der Waals surface area contributed by atoms with Crippen LogP contribution in [0.3, 0.4) is 0 Å². The number of anilines is 2. The Morgan fingerprint density at radius 2 is 1.79 bits per heavy atom. The normalized spacial score (nSPS) is 13.6. The van der Waals surface area contributed by atoms with Crippen LogP contribution >= 0.6 is 35.6 Å². The van der Waals surface area contributed by atoms with Crippen molar-refractivity contribution < 1.29 is 14.3 Å². The Kier molecular flexibility index (Phi) is 8.98. The number of nitrogens with one attached hydrogen (secondary N) is 1. The first kappa shape index (κ1) is 23.2. The van der Waals surface area contributed by atoms with Crippen LogP contribution in [0.2, 0.25) is 10.0 Å². The van der Waals surface area contributed by atoms with Gasteiger partial charge in [0, 0.05) is 32.4 Å². The van der Waals surface area contributed by atoms with Crippen LogP contribution in [0, 0.1) is 0 Å². The molecule has 0 unspecified atom stereocenters. The first-order chi connectivity index (χ1) is 13.5. The van der Waals surface area contributed by atoms with E-state index in [0.29, 0.717) is 36.9 Å². The fourth-order valence-electron chi connectivity index (χ4n) is 2.83. The van der Waals surface area contributed by atoms with Crippen molar-refractivity contribution in [1.29, 1.82) is 0 Å². The maximum atomic E-state index is 12.3. The number of ether oxygens (including phenoxy) is 1. The van der Waals surface area contributed by atoms with Gasteiger partial charge in [-0.25, -0.2) is 4.98 Å². The van der Waals surface area contributed by atoms with E-state index in [4.69, 9.17) is 27.9 Å². The average Bonchev–Trinajstić information content (AvgIpc) is 2.72. The molecule has 0 aliphatic carbocycles. The maximum absolute atomic E-state index is 12.3. The largest absolute Gasteiger partial charge is 0.362 e. The Hall–Kier alpha value is -2.06.